The Morgan fingerprint density at radius 3 is 3.00 bits per heavy atom. The summed E-state index contributed by atoms with van der Waals surface area (Å²) < 4.78 is 1.57. The molecule has 88 valence electrons. The lowest BCUT2D eigenvalue weighted by Gasteiger charge is -2.30. The summed E-state index contributed by atoms with van der Waals surface area (Å²) in [4.78, 5) is 14.0. The van der Waals surface area contributed by atoms with Crippen molar-refractivity contribution in [2.75, 3.05) is 24.6 Å². The lowest BCUT2D eigenvalue weighted by Crippen LogP contribution is -2.41. The summed E-state index contributed by atoms with van der Waals surface area (Å²) in [6.07, 6.45) is 1.66. The zero-order valence-electron chi connectivity index (χ0n) is 9.51. The molecule has 0 bridgehead atoms. The smallest absolute Gasteiger partial charge is 0.276 e. The highest BCUT2D eigenvalue weighted by Crippen LogP contribution is 2.20. The molecule has 1 aliphatic rings. The number of hydrogen-bond acceptors (Lipinski definition) is 4. The van der Waals surface area contributed by atoms with E-state index in [1.807, 2.05) is 16.7 Å². The van der Waals surface area contributed by atoms with E-state index >= 15 is 0 Å². The number of aromatic nitrogens is 2. The predicted octanol–water partition coefficient (Wildman–Crippen LogP) is 0.580. The van der Waals surface area contributed by atoms with Crippen LogP contribution >= 0.6 is 11.8 Å². The molecule has 1 amide bonds. The van der Waals surface area contributed by atoms with Crippen LogP contribution in [0.25, 0.3) is 0 Å². The molecule has 1 fully saturated rings. The van der Waals surface area contributed by atoms with Gasteiger partial charge in [-0.1, -0.05) is 6.92 Å². The maximum Gasteiger partial charge on any atom is 0.276 e. The summed E-state index contributed by atoms with van der Waals surface area (Å²) in [5.41, 5.74) is 6.58. The number of hydrogen-bond donors (Lipinski definition) is 1. The van der Waals surface area contributed by atoms with E-state index in [4.69, 9.17) is 5.73 Å². The van der Waals surface area contributed by atoms with Gasteiger partial charge in [-0.15, -0.1) is 0 Å². The Morgan fingerprint density at radius 1 is 1.69 bits per heavy atom. The van der Waals surface area contributed by atoms with Gasteiger partial charge in [-0.3, -0.25) is 9.48 Å². The normalized spacial score (nSPS) is 21.1. The van der Waals surface area contributed by atoms with E-state index in [2.05, 4.69) is 12.0 Å². The predicted molar refractivity (Wildman–Crippen MR) is 65.4 cm³/mol. The molecule has 1 aromatic rings. The van der Waals surface area contributed by atoms with Crippen LogP contribution < -0.4 is 5.73 Å². The fourth-order valence-electron chi connectivity index (χ4n) is 1.83. The molecular weight excluding hydrogens is 224 g/mol. The van der Waals surface area contributed by atoms with Crippen LogP contribution in [0.5, 0.6) is 0 Å². The summed E-state index contributed by atoms with van der Waals surface area (Å²) in [7, 11) is 1.77. The monoisotopic (exact) mass is 240 g/mol. The maximum absolute atomic E-state index is 12.1. The lowest BCUT2D eigenvalue weighted by molar-refractivity contribution is 0.0757. The Kier molecular flexibility index (Phi) is 3.09. The molecule has 0 spiro atoms. The number of nitrogens with two attached hydrogens (primary N) is 1. The second-order valence-corrected chi connectivity index (χ2v) is 5.59. The van der Waals surface area contributed by atoms with Gasteiger partial charge in [0.2, 0.25) is 0 Å². The largest absolute Gasteiger partial charge is 0.396 e. The van der Waals surface area contributed by atoms with E-state index in [0.717, 1.165) is 18.8 Å². The van der Waals surface area contributed by atoms with Crippen LogP contribution in [0.3, 0.4) is 0 Å². The van der Waals surface area contributed by atoms with Crippen LogP contribution in [0.15, 0.2) is 6.20 Å². The molecule has 2 heterocycles. The van der Waals surface area contributed by atoms with Gasteiger partial charge in [0.15, 0.2) is 5.69 Å². The summed E-state index contributed by atoms with van der Waals surface area (Å²) in [6.45, 7) is 3.69. The minimum absolute atomic E-state index is 0.0507. The highest BCUT2D eigenvalue weighted by Gasteiger charge is 2.25. The van der Waals surface area contributed by atoms with Crippen molar-refractivity contribution >= 4 is 23.4 Å². The summed E-state index contributed by atoms with van der Waals surface area (Å²) in [6, 6.07) is 0. The second-order valence-electron chi connectivity index (χ2n) is 4.04. The molecule has 1 atom stereocenters. The van der Waals surface area contributed by atoms with Gasteiger partial charge in [-0.05, 0) is 0 Å². The average Bonchev–Trinajstić information content (AvgIpc) is 2.57. The molecule has 1 saturated heterocycles. The molecule has 0 radical (unpaired) electrons. The minimum Gasteiger partial charge on any atom is -0.396 e. The van der Waals surface area contributed by atoms with Crippen LogP contribution in [-0.2, 0) is 7.05 Å². The van der Waals surface area contributed by atoms with Gasteiger partial charge < -0.3 is 10.6 Å². The maximum atomic E-state index is 12.1. The van der Waals surface area contributed by atoms with Gasteiger partial charge in [-0.2, -0.15) is 16.9 Å². The highest BCUT2D eigenvalue weighted by atomic mass is 32.2. The van der Waals surface area contributed by atoms with Crippen LogP contribution in [0.4, 0.5) is 5.69 Å². The summed E-state index contributed by atoms with van der Waals surface area (Å²) >= 11 is 1.89. The zero-order valence-corrected chi connectivity index (χ0v) is 10.3. The number of nitrogen functional groups attached to an aromatic ring is 1. The van der Waals surface area contributed by atoms with Crippen LogP contribution in [-0.4, -0.2) is 44.7 Å². The third kappa shape index (κ3) is 2.16. The second kappa shape index (κ2) is 4.37. The quantitative estimate of drug-likeness (QED) is 0.780. The number of anilines is 1. The van der Waals surface area contributed by atoms with Gasteiger partial charge in [0, 0.05) is 37.3 Å². The van der Waals surface area contributed by atoms with E-state index in [1.165, 1.54) is 0 Å². The molecule has 1 aromatic heterocycles. The first-order chi connectivity index (χ1) is 7.58. The van der Waals surface area contributed by atoms with Crippen molar-refractivity contribution < 1.29 is 4.79 Å². The Morgan fingerprint density at radius 2 is 2.44 bits per heavy atom. The number of nitrogens with zero attached hydrogens (tertiary/aromatic N) is 3. The van der Waals surface area contributed by atoms with Crippen molar-refractivity contribution in [2.24, 2.45) is 7.05 Å². The Bertz CT molecular complexity index is 404. The molecule has 1 aliphatic heterocycles. The van der Waals surface area contributed by atoms with Crippen molar-refractivity contribution in [1.29, 1.82) is 0 Å². The van der Waals surface area contributed by atoms with Crippen LogP contribution in [0.1, 0.15) is 17.4 Å². The summed E-state index contributed by atoms with van der Waals surface area (Å²) in [5, 5.41) is 4.59. The van der Waals surface area contributed by atoms with E-state index in [1.54, 1.807) is 17.9 Å². The topological polar surface area (TPSA) is 64.2 Å². The van der Waals surface area contributed by atoms with Crippen molar-refractivity contribution in [1.82, 2.24) is 14.7 Å². The third-order valence-corrected chi connectivity index (χ3v) is 3.72. The zero-order chi connectivity index (χ0) is 11.7. The minimum atomic E-state index is -0.0507. The molecule has 6 heteroatoms. The Labute approximate surface area is 99.0 Å². The van der Waals surface area contributed by atoms with Crippen molar-refractivity contribution in [2.45, 2.75) is 12.2 Å². The first-order valence-electron chi connectivity index (χ1n) is 5.28. The van der Waals surface area contributed by atoms with Gasteiger partial charge in [0.1, 0.15) is 0 Å². The fourth-order valence-corrected chi connectivity index (χ4v) is 2.84. The molecule has 16 heavy (non-hydrogen) atoms. The summed E-state index contributed by atoms with van der Waals surface area (Å²) in [5.74, 6) is 0.935. The lowest BCUT2D eigenvalue weighted by atomic mass is 10.3. The number of carbonyl (C=O) groups excluding carboxylic acids is 1. The van der Waals surface area contributed by atoms with E-state index in [9.17, 15) is 4.79 Å². The number of thioether (sulfide) groups is 1. The van der Waals surface area contributed by atoms with Gasteiger partial charge in [0.05, 0.1) is 5.69 Å². The number of aryl methyl sites for hydroxylation is 1. The van der Waals surface area contributed by atoms with E-state index in [0.29, 0.717) is 16.6 Å². The van der Waals surface area contributed by atoms with Crippen molar-refractivity contribution in [3.8, 4) is 0 Å². The SMILES string of the molecule is CC1CN(C(=O)c2nn(C)cc2N)CCS1. The molecule has 0 aliphatic carbocycles. The average molecular weight is 240 g/mol. The van der Waals surface area contributed by atoms with Crippen LogP contribution in [0, 0.1) is 0 Å². The Hall–Kier alpha value is -1.17. The van der Waals surface area contributed by atoms with E-state index in [-0.39, 0.29) is 5.91 Å². The highest BCUT2D eigenvalue weighted by molar-refractivity contribution is 7.99. The molecule has 2 rings (SSSR count). The Balaban J connectivity index is 2.15. The molecule has 5 nitrogen and oxygen atoms in total. The first-order valence-corrected chi connectivity index (χ1v) is 6.33. The number of rotatable bonds is 1. The first kappa shape index (κ1) is 11.3. The van der Waals surface area contributed by atoms with E-state index < -0.39 is 0 Å². The molecule has 1 unspecified atom stereocenters. The van der Waals surface area contributed by atoms with Gasteiger partial charge >= 0.3 is 0 Å². The van der Waals surface area contributed by atoms with Gasteiger partial charge in [-0.25, -0.2) is 0 Å². The third-order valence-electron chi connectivity index (χ3n) is 2.59. The van der Waals surface area contributed by atoms with Crippen molar-refractivity contribution in [3.63, 3.8) is 0 Å². The molecular formula is C10H16N4OS. The number of amides is 1. The fraction of sp³-hybridized carbons (Fsp3) is 0.600. The standard InChI is InChI=1S/C10H16N4OS/c1-7-5-14(3-4-16-7)10(15)9-8(11)6-13(2)12-9/h6-7H,3-5,11H2,1-2H3. The van der Waals surface area contributed by atoms with Gasteiger partial charge in [0.25, 0.3) is 5.91 Å². The number of carbonyl (C=O) groups is 1. The van der Waals surface area contributed by atoms with Crippen LogP contribution in [0.2, 0.25) is 0 Å². The van der Waals surface area contributed by atoms with Crippen molar-refractivity contribution in [3.05, 3.63) is 11.9 Å². The molecule has 0 aromatic carbocycles. The molecule has 2 N–H and O–H groups in total. The molecule has 0 saturated carbocycles.